The first-order valence-electron chi connectivity index (χ1n) is 11.8. The topological polar surface area (TPSA) is 120 Å². The zero-order valence-electron chi connectivity index (χ0n) is 19.8. The van der Waals surface area contributed by atoms with Crippen molar-refractivity contribution >= 4 is 39.4 Å². The van der Waals surface area contributed by atoms with Gasteiger partial charge in [0.1, 0.15) is 11.2 Å². The van der Waals surface area contributed by atoms with Gasteiger partial charge in [0.25, 0.3) is 5.56 Å². The van der Waals surface area contributed by atoms with Gasteiger partial charge in [-0.25, -0.2) is 19.3 Å². The Morgan fingerprint density at radius 2 is 2.14 bits per heavy atom. The predicted molar refractivity (Wildman–Crippen MR) is 140 cm³/mol. The second-order valence-corrected chi connectivity index (χ2v) is 8.80. The van der Waals surface area contributed by atoms with Crippen LogP contribution in [-0.2, 0) is 13.6 Å². The molecule has 36 heavy (non-hydrogen) atoms. The van der Waals surface area contributed by atoms with Crippen molar-refractivity contribution in [2.24, 2.45) is 7.05 Å². The molecule has 1 aliphatic rings. The van der Waals surface area contributed by atoms with Gasteiger partial charge in [0.05, 0.1) is 18.3 Å². The number of nitrogens with one attached hydrogen (secondary N) is 3. The zero-order valence-corrected chi connectivity index (χ0v) is 19.8. The number of aryl methyl sites for hydroxylation is 1. The average molecular weight is 483 g/mol. The lowest BCUT2D eigenvalue weighted by atomic mass is 10.2. The van der Waals surface area contributed by atoms with E-state index in [1.807, 2.05) is 54.3 Å². The molecule has 6 rings (SSSR count). The van der Waals surface area contributed by atoms with Gasteiger partial charge in [-0.15, -0.1) is 6.58 Å². The molecule has 1 fully saturated rings. The number of fused-ring (bicyclic) bond motifs is 2. The molecule has 1 aromatic carbocycles. The van der Waals surface area contributed by atoms with E-state index < -0.39 is 0 Å². The van der Waals surface area contributed by atoms with Gasteiger partial charge in [0.15, 0.2) is 11.5 Å². The minimum atomic E-state index is -0.201. The van der Waals surface area contributed by atoms with Crippen LogP contribution in [0.5, 0.6) is 0 Å². The Bertz CT molecular complexity index is 1640. The molecule has 0 spiro atoms. The van der Waals surface area contributed by atoms with Crippen LogP contribution in [0.3, 0.4) is 0 Å². The Kier molecular flexibility index (Phi) is 5.45. The SMILES string of the molecule is C=CCn1c(=O)c2cnc(Nc3ccc4c(cnn4C)c3)nc2n1-c1cccc(N[C@H]2CCNC2)n1. The molecule has 0 bridgehead atoms. The first kappa shape index (κ1) is 22.0. The Morgan fingerprint density at radius 1 is 1.22 bits per heavy atom. The first-order chi connectivity index (χ1) is 17.6. The van der Waals surface area contributed by atoms with Gasteiger partial charge in [0.2, 0.25) is 5.95 Å². The second-order valence-electron chi connectivity index (χ2n) is 8.80. The van der Waals surface area contributed by atoms with Crippen molar-refractivity contribution in [1.29, 1.82) is 0 Å². The molecule has 1 atom stereocenters. The molecule has 3 N–H and O–H groups in total. The summed E-state index contributed by atoms with van der Waals surface area (Å²) in [6, 6.07) is 12.0. The van der Waals surface area contributed by atoms with Crippen LogP contribution in [0.15, 0.2) is 66.2 Å². The molecule has 0 amide bonds. The first-order valence-corrected chi connectivity index (χ1v) is 11.8. The molecule has 1 aliphatic heterocycles. The van der Waals surface area contributed by atoms with Gasteiger partial charge >= 0.3 is 0 Å². The van der Waals surface area contributed by atoms with Crippen LogP contribution >= 0.6 is 0 Å². The molecule has 1 saturated heterocycles. The van der Waals surface area contributed by atoms with Crippen molar-refractivity contribution in [1.82, 2.24) is 39.4 Å². The van der Waals surface area contributed by atoms with Crippen molar-refractivity contribution in [3.63, 3.8) is 0 Å². The molecule has 0 saturated carbocycles. The van der Waals surface area contributed by atoms with Gasteiger partial charge in [-0.3, -0.25) is 9.48 Å². The van der Waals surface area contributed by atoms with E-state index in [1.54, 1.807) is 21.6 Å². The molecule has 0 aliphatic carbocycles. The Hall–Kier alpha value is -4.51. The van der Waals surface area contributed by atoms with E-state index in [4.69, 9.17) is 9.97 Å². The average Bonchev–Trinajstić information content (AvgIpc) is 3.59. The molecule has 4 aromatic heterocycles. The van der Waals surface area contributed by atoms with Crippen molar-refractivity contribution < 1.29 is 0 Å². The van der Waals surface area contributed by atoms with Crippen LogP contribution in [0, 0.1) is 0 Å². The normalized spacial score (nSPS) is 15.5. The van der Waals surface area contributed by atoms with Crippen molar-refractivity contribution in [3.05, 3.63) is 71.8 Å². The molecule has 11 heteroatoms. The fourth-order valence-corrected chi connectivity index (χ4v) is 4.59. The van der Waals surface area contributed by atoms with Crippen LogP contribution in [0.1, 0.15) is 6.42 Å². The summed E-state index contributed by atoms with van der Waals surface area (Å²) in [5, 5.41) is 15.8. The monoisotopic (exact) mass is 482 g/mol. The van der Waals surface area contributed by atoms with Crippen LogP contribution < -0.4 is 21.5 Å². The summed E-state index contributed by atoms with van der Waals surface area (Å²) in [4.78, 5) is 27.2. The number of allylic oxidation sites excluding steroid dienone is 1. The highest BCUT2D eigenvalue weighted by molar-refractivity contribution is 5.83. The summed E-state index contributed by atoms with van der Waals surface area (Å²) >= 11 is 0. The number of anilines is 3. The third kappa shape index (κ3) is 3.89. The Balaban J connectivity index is 1.42. The molecular weight excluding hydrogens is 456 g/mol. The number of benzene rings is 1. The minimum Gasteiger partial charge on any atom is -0.366 e. The molecule has 0 unspecified atom stereocenters. The van der Waals surface area contributed by atoms with Crippen LogP contribution in [-0.4, -0.2) is 53.2 Å². The van der Waals surface area contributed by atoms with E-state index in [0.717, 1.165) is 41.9 Å². The summed E-state index contributed by atoms with van der Waals surface area (Å²) in [5.74, 6) is 1.71. The summed E-state index contributed by atoms with van der Waals surface area (Å²) in [5.41, 5.74) is 2.12. The van der Waals surface area contributed by atoms with Crippen LogP contribution in [0.2, 0.25) is 0 Å². The van der Waals surface area contributed by atoms with E-state index >= 15 is 0 Å². The number of hydrogen-bond acceptors (Lipinski definition) is 8. The van der Waals surface area contributed by atoms with Gasteiger partial charge in [-0.05, 0) is 43.3 Å². The number of pyridine rings is 1. The maximum Gasteiger partial charge on any atom is 0.278 e. The summed E-state index contributed by atoms with van der Waals surface area (Å²) < 4.78 is 5.12. The fourth-order valence-electron chi connectivity index (χ4n) is 4.59. The van der Waals surface area contributed by atoms with Crippen molar-refractivity contribution in [2.45, 2.75) is 19.0 Å². The Morgan fingerprint density at radius 3 is 2.97 bits per heavy atom. The lowest BCUT2D eigenvalue weighted by Crippen LogP contribution is -2.24. The van der Waals surface area contributed by atoms with E-state index in [1.165, 1.54) is 0 Å². The van der Waals surface area contributed by atoms with E-state index in [9.17, 15) is 4.79 Å². The van der Waals surface area contributed by atoms with Crippen LogP contribution in [0.25, 0.3) is 27.8 Å². The van der Waals surface area contributed by atoms with E-state index in [0.29, 0.717) is 35.4 Å². The molecule has 182 valence electrons. The maximum absolute atomic E-state index is 13.2. The van der Waals surface area contributed by atoms with E-state index in [2.05, 4.69) is 32.6 Å². The smallest absolute Gasteiger partial charge is 0.278 e. The van der Waals surface area contributed by atoms with Gasteiger partial charge in [0, 0.05) is 36.9 Å². The second kappa shape index (κ2) is 8.93. The third-order valence-electron chi connectivity index (χ3n) is 6.34. The molecule has 5 heterocycles. The van der Waals surface area contributed by atoms with Gasteiger partial charge < -0.3 is 16.0 Å². The van der Waals surface area contributed by atoms with Crippen molar-refractivity contribution in [3.8, 4) is 5.82 Å². The maximum atomic E-state index is 13.2. The largest absolute Gasteiger partial charge is 0.366 e. The number of rotatable bonds is 7. The summed E-state index contributed by atoms with van der Waals surface area (Å²) in [7, 11) is 1.91. The molecule has 0 radical (unpaired) electrons. The highest BCUT2D eigenvalue weighted by Gasteiger charge is 2.19. The number of hydrogen-bond donors (Lipinski definition) is 3. The van der Waals surface area contributed by atoms with Gasteiger partial charge in [-0.1, -0.05) is 12.1 Å². The summed E-state index contributed by atoms with van der Waals surface area (Å²) in [6.07, 6.45) is 6.08. The van der Waals surface area contributed by atoms with Crippen LogP contribution in [0.4, 0.5) is 17.5 Å². The third-order valence-corrected chi connectivity index (χ3v) is 6.34. The quantitative estimate of drug-likeness (QED) is 0.303. The fraction of sp³-hybridized carbons (Fsp3) is 0.240. The van der Waals surface area contributed by atoms with Gasteiger partial charge in [-0.2, -0.15) is 10.1 Å². The molecule has 11 nitrogen and oxygen atoms in total. The van der Waals surface area contributed by atoms with E-state index in [-0.39, 0.29) is 5.56 Å². The minimum absolute atomic E-state index is 0.201. The Labute approximate surface area is 206 Å². The lowest BCUT2D eigenvalue weighted by Gasteiger charge is -2.15. The zero-order chi connectivity index (χ0) is 24.6. The number of nitrogens with zero attached hydrogens (tertiary/aromatic N) is 7. The van der Waals surface area contributed by atoms with Crippen molar-refractivity contribution in [2.75, 3.05) is 23.7 Å². The predicted octanol–water partition coefficient (Wildman–Crippen LogP) is 2.57. The number of aromatic nitrogens is 7. The highest BCUT2D eigenvalue weighted by Crippen LogP contribution is 2.22. The standard InChI is InChI=1S/C25H26N10O/c1-3-11-34-24(36)19-15-27-25(30-17-7-8-20-16(12-17)13-28-33(20)2)32-23(19)35(34)22-6-4-5-21(31-22)29-18-9-10-26-14-18/h3-8,12-13,15,18,26H,1,9-11,14H2,2H3,(H,29,31)(H,27,30,32)/t18-/m0/s1. The summed E-state index contributed by atoms with van der Waals surface area (Å²) in [6.45, 7) is 6.01. The molecule has 5 aromatic rings. The highest BCUT2D eigenvalue weighted by atomic mass is 16.1. The lowest BCUT2D eigenvalue weighted by molar-refractivity contribution is 0.597. The molecular formula is C25H26N10O.